The molecule has 36 heavy (non-hydrogen) atoms. The molecule has 1 heterocycles. The van der Waals surface area contributed by atoms with Gasteiger partial charge in [0.2, 0.25) is 5.91 Å². The quantitative estimate of drug-likeness (QED) is 0.435. The van der Waals surface area contributed by atoms with Crippen molar-refractivity contribution >= 4 is 5.91 Å². The number of unbranched alkanes of at least 4 members (excludes halogenated alkanes) is 1. The van der Waals surface area contributed by atoms with Crippen LogP contribution < -0.4 is 5.32 Å². The zero-order chi connectivity index (χ0) is 25.7. The molecule has 4 atom stereocenters. The summed E-state index contributed by atoms with van der Waals surface area (Å²) in [6.45, 7) is 4.71. The van der Waals surface area contributed by atoms with E-state index in [9.17, 15) is 9.90 Å². The number of aliphatic hydroxyl groups is 1. The second kappa shape index (κ2) is 11.8. The van der Waals surface area contributed by atoms with Gasteiger partial charge in [-0.3, -0.25) is 4.79 Å². The summed E-state index contributed by atoms with van der Waals surface area (Å²) in [4.78, 5) is 15.2. The minimum Gasteiger partial charge on any atom is -0.385 e. The van der Waals surface area contributed by atoms with Gasteiger partial charge in [-0.15, -0.1) is 0 Å². The van der Waals surface area contributed by atoms with Crippen LogP contribution in [0.15, 0.2) is 42.5 Å². The summed E-state index contributed by atoms with van der Waals surface area (Å²) in [6, 6.07) is 12.8. The first-order valence-corrected chi connectivity index (χ1v) is 13.4. The van der Waals surface area contributed by atoms with E-state index >= 15 is 4.39 Å². The molecule has 0 radical (unpaired) electrons. The molecule has 2 aromatic rings. The highest BCUT2D eigenvalue weighted by molar-refractivity contribution is 5.82. The smallest absolute Gasteiger partial charge is 0.226 e. The lowest BCUT2D eigenvalue weighted by atomic mass is 9.72. The lowest BCUT2D eigenvalue weighted by molar-refractivity contribution is -0.138. The van der Waals surface area contributed by atoms with Gasteiger partial charge in [0.05, 0.1) is 5.60 Å². The fraction of sp³-hybridized carbons (Fsp3) is 0.567. The van der Waals surface area contributed by atoms with Crippen molar-refractivity contribution in [1.29, 1.82) is 0 Å². The zero-order valence-corrected chi connectivity index (χ0v) is 21.9. The normalized spacial score (nSPS) is 23.4. The summed E-state index contributed by atoms with van der Waals surface area (Å²) in [5.74, 6) is 0.212. The molecule has 0 spiro atoms. The number of carbonyl (C=O) groups is 1. The maximum absolute atomic E-state index is 15.4. The zero-order valence-electron chi connectivity index (χ0n) is 21.9. The molecule has 1 saturated carbocycles. The molecule has 1 saturated heterocycles. The largest absolute Gasteiger partial charge is 0.385 e. The Labute approximate surface area is 215 Å². The summed E-state index contributed by atoms with van der Waals surface area (Å²) in [7, 11) is 3.60. The number of benzene rings is 2. The molecule has 196 valence electrons. The Morgan fingerprint density at radius 1 is 1.25 bits per heavy atom. The van der Waals surface area contributed by atoms with E-state index < -0.39 is 5.60 Å². The second-order valence-corrected chi connectivity index (χ2v) is 10.7. The predicted molar refractivity (Wildman–Crippen MR) is 141 cm³/mol. The monoisotopic (exact) mass is 496 g/mol. The summed E-state index contributed by atoms with van der Waals surface area (Å²) in [6.07, 6.45) is 4.65. The third kappa shape index (κ3) is 5.82. The maximum Gasteiger partial charge on any atom is 0.226 e. The van der Waals surface area contributed by atoms with Crippen LogP contribution in [0.3, 0.4) is 0 Å². The molecular weight excluding hydrogens is 455 g/mol. The molecule has 2 aliphatic rings. The van der Waals surface area contributed by atoms with Crippen LogP contribution in [0, 0.1) is 30.5 Å². The number of piperidine rings is 1. The topological polar surface area (TPSA) is 61.8 Å². The lowest BCUT2D eigenvalue weighted by Crippen LogP contribution is -2.49. The predicted octanol–water partition coefficient (Wildman–Crippen LogP) is 4.90. The highest BCUT2D eigenvalue weighted by Gasteiger charge is 2.47. The molecule has 4 unspecified atom stereocenters. The highest BCUT2D eigenvalue weighted by atomic mass is 19.1. The van der Waals surface area contributed by atoms with Crippen LogP contribution in [-0.2, 0) is 15.1 Å². The number of hydrogen-bond donors (Lipinski definition) is 2. The van der Waals surface area contributed by atoms with Gasteiger partial charge in [-0.1, -0.05) is 42.0 Å². The number of rotatable bonds is 11. The third-order valence-electron chi connectivity index (χ3n) is 8.06. The number of hydrogen-bond acceptors (Lipinski definition) is 4. The molecule has 6 heteroatoms. The van der Waals surface area contributed by atoms with E-state index in [4.69, 9.17) is 4.74 Å². The number of ether oxygens (including phenoxy) is 1. The van der Waals surface area contributed by atoms with Crippen molar-refractivity contribution < 1.29 is 19.0 Å². The number of nitrogens with zero attached hydrogens (tertiary/aromatic N) is 1. The van der Waals surface area contributed by atoms with Crippen LogP contribution in [0.5, 0.6) is 0 Å². The van der Waals surface area contributed by atoms with Crippen molar-refractivity contribution in [3.05, 3.63) is 59.4 Å². The van der Waals surface area contributed by atoms with Crippen molar-refractivity contribution in [1.82, 2.24) is 10.2 Å². The fourth-order valence-corrected chi connectivity index (χ4v) is 6.02. The van der Waals surface area contributed by atoms with Gasteiger partial charge in [-0.2, -0.15) is 0 Å². The van der Waals surface area contributed by atoms with Crippen LogP contribution in [-0.4, -0.2) is 56.3 Å². The molecule has 1 aliphatic heterocycles. The van der Waals surface area contributed by atoms with Gasteiger partial charge in [0, 0.05) is 44.2 Å². The first kappa shape index (κ1) is 26.8. The van der Waals surface area contributed by atoms with Gasteiger partial charge in [0.15, 0.2) is 0 Å². The Kier molecular flexibility index (Phi) is 8.81. The maximum atomic E-state index is 15.4. The van der Waals surface area contributed by atoms with Crippen LogP contribution in [0.4, 0.5) is 4.39 Å². The molecule has 1 amide bonds. The van der Waals surface area contributed by atoms with Crippen LogP contribution >= 0.6 is 0 Å². The minimum atomic E-state index is -1.25. The molecule has 2 fully saturated rings. The molecule has 2 aromatic carbocycles. The van der Waals surface area contributed by atoms with Gasteiger partial charge in [0.25, 0.3) is 0 Å². The number of nitrogens with one attached hydrogen (secondary N) is 1. The van der Waals surface area contributed by atoms with E-state index in [-0.39, 0.29) is 23.6 Å². The first-order valence-electron chi connectivity index (χ1n) is 13.4. The number of halogens is 1. The molecule has 2 N–H and O–H groups in total. The Bertz CT molecular complexity index is 1040. The van der Waals surface area contributed by atoms with Crippen molar-refractivity contribution in [3.63, 3.8) is 0 Å². The van der Waals surface area contributed by atoms with E-state index in [2.05, 4.69) is 5.32 Å². The number of aryl methyl sites for hydroxylation is 1. The van der Waals surface area contributed by atoms with Crippen molar-refractivity contribution in [3.8, 4) is 11.1 Å². The van der Waals surface area contributed by atoms with Crippen molar-refractivity contribution in [2.75, 3.05) is 40.4 Å². The standard InChI is InChI=1S/C30H41FN2O3/c1-21-9-6-10-22(17-21)28-26(12-7-13-27(28)31)30(35,14-4-5-16-36-3)24-11-8-15-33(20-24)29(34)25-18-23(25)19-32-2/h6-7,9-10,12-13,17,23-25,32,35H,4-5,8,11,14-16,18-20H2,1-3H3. The van der Waals surface area contributed by atoms with Crippen molar-refractivity contribution in [2.45, 2.75) is 51.0 Å². The average Bonchev–Trinajstić information content (AvgIpc) is 3.65. The van der Waals surface area contributed by atoms with Crippen LogP contribution in [0.1, 0.15) is 49.7 Å². The van der Waals surface area contributed by atoms with Gasteiger partial charge < -0.3 is 20.1 Å². The average molecular weight is 497 g/mol. The molecule has 5 nitrogen and oxygen atoms in total. The summed E-state index contributed by atoms with van der Waals surface area (Å²) in [5, 5.41) is 15.7. The number of carbonyl (C=O) groups excluding carboxylic acids is 1. The summed E-state index contributed by atoms with van der Waals surface area (Å²) >= 11 is 0. The third-order valence-corrected chi connectivity index (χ3v) is 8.06. The van der Waals surface area contributed by atoms with Crippen LogP contribution in [0.25, 0.3) is 11.1 Å². The second-order valence-electron chi connectivity index (χ2n) is 10.7. The van der Waals surface area contributed by atoms with Crippen LogP contribution in [0.2, 0.25) is 0 Å². The number of likely N-dealkylation sites (tertiary alicyclic amines) is 1. The van der Waals surface area contributed by atoms with Gasteiger partial charge in [0.1, 0.15) is 5.82 Å². The lowest BCUT2D eigenvalue weighted by Gasteiger charge is -2.44. The SMILES string of the molecule is CNCC1CC1C(=O)N1CCCC(C(O)(CCCCOC)c2cccc(F)c2-c2cccc(C)c2)C1. The Balaban J connectivity index is 1.67. The van der Waals surface area contributed by atoms with E-state index in [1.807, 2.05) is 49.2 Å². The number of methoxy groups -OCH3 is 1. The minimum absolute atomic E-state index is 0.0861. The molecule has 1 aliphatic carbocycles. The van der Waals surface area contributed by atoms with Gasteiger partial charge in [-0.05, 0) is 82.2 Å². The molecular formula is C30H41FN2O3. The fourth-order valence-electron chi connectivity index (χ4n) is 6.02. The van der Waals surface area contributed by atoms with Crippen molar-refractivity contribution in [2.24, 2.45) is 17.8 Å². The Morgan fingerprint density at radius 2 is 2.06 bits per heavy atom. The molecule has 0 aromatic heterocycles. The molecule has 0 bridgehead atoms. The Morgan fingerprint density at radius 3 is 2.81 bits per heavy atom. The summed E-state index contributed by atoms with van der Waals surface area (Å²) < 4.78 is 20.7. The van der Waals surface area contributed by atoms with E-state index in [1.54, 1.807) is 13.2 Å². The highest BCUT2D eigenvalue weighted by Crippen LogP contribution is 2.46. The van der Waals surface area contributed by atoms with Gasteiger partial charge >= 0.3 is 0 Å². The van der Waals surface area contributed by atoms with E-state index in [1.165, 1.54) is 6.07 Å². The first-order chi connectivity index (χ1) is 17.4. The Hall–Kier alpha value is -2.28. The van der Waals surface area contributed by atoms with Gasteiger partial charge in [-0.25, -0.2) is 4.39 Å². The molecule has 4 rings (SSSR count). The summed E-state index contributed by atoms with van der Waals surface area (Å²) in [5.41, 5.74) is 1.66. The van der Waals surface area contributed by atoms with E-state index in [0.717, 1.165) is 56.3 Å². The van der Waals surface area contributed by atoms with E-state index in [0.29, 0.717) is 36.6 Å². The number of amides is 1.